The third-order valence-electron chi connectivity index (χ3n) is 6.21. The number of likely N-dealkylation sites (tertiary alicyclic amines) is 1. The van der Waals surface area contributed by atoms with E-state index in [-0.39, 0.29) is 11.9 Å². The van der Waals surface area contributed by atoms with Gasteiger partial charge in [-0.15, -0.1) is 11.8 Å². The molecule has 9 heteroatoms. The Hall–Kier alpha value is -0.420. The topological polar surface area (TPSA) is 111 Å². The molecule has 0 aromatic heterocycles. The largest absolute Gasteiger partial charge is 0.388 e. The third-order valence-corrected chi connectivity index (χ3v) is 7.06. The second-order valence-corrected chi connectivity index (χ2v) is 9.28. The van der Waals surface area contributed by atoms with E-state index in [2.05, 4.69) is 24.1 Å². The van der Waals surface area contributed by atoms with Gasteiger partial charge in [0.1, 0.15) is 29.9 Å². The molecule has 1 unspecified atom stereocenters. The van der Waals surface area contributed by atoms with Crippen LogP contribution in [0, 0.1) is 11.8 Å². The fourth-order valence-electron chi connectivity index (χ4n) is 4.07. The number of hydrogen-bond donors (Lipinski definition) is 4. The molecular formula is C19H36N2O6S. The van der Waals surface area contributed by atoms with Gasteiger partial charge in [0.15, 0.2) is 0 Å². The van der Waals surface area contributed by atoms with Gasteiger partial charge in [-0.3, -0.25) is 9.69 Å². The number of methoxy groups -OCH3 is 1. The van der Waals surface area contributed by atoms with Crippen LogP contribution in [0.2, 0.25) is 0 Å². The van der Waals surface area contributed by atoms with E-state index in [4.69, 9.17) is 9.47 Å². The van der Waals surface area contributed by atoms with Crippen molar-refractivity contribution in [2.45, 2.75) is 75.2 Å². The van der Waals surface area contributed by atoms with E-state index in [1.165, 1.54) is 18.9 Å². The zero-order valence-electron chi connectivity index (χ0n) is 17.6. The monoisotopic (exact) mass is 420 g/mol. The Labute approximate surface area is 172 Å². The average Bonchev–Trinajstić information content (AvgIpc) is 3.06. The molecular weight excluding hydrogens is 384 g/mol. The molecule has 8 nitrogen and oxygen atoms in total. The van der Waals surface area contributed by atoms with Gasteiger partial charge in [-0.05, 0) is 38.5 Å². The van der Waals surface area contributed by atoms with Crippen LogP contribution in [-0.4, -0.2) is 101 Å². The van der Waals surface area contributed by atoms with Crippen LogP contribution in [0.1, 0.15) is 27.2 Å². The summed E-state index contributed by atoms with van der Waals surface area (Å²) in [7, 11) is 3.46. The third kappa shape index (κ3) is 5.00. The van der Waals surface area contributed by atoms with Crippen molar-refractivity contribution in [1.29, 1.82) is 0 Å². The van der Waals surface area contributed by atoms with Gasteiger partial charge in [-0.2, -0.15) is 0 Å². The van der Waals surface area contributed by atoms with E-state index in [1.54, 1.807) is 13.2 Å². The molecule has 0 saturated carbocycles. The molecule has 4 N–H and O–H groups in total. The number of carbonyl (C=O) groups excluding carboxylic acids is 1. The molecule has 0 radical (unpaired) electrons. The molecule has 2 heterocycles. The fourth-order valence-corrected chi connectivity index (χ4v) is 4.75. The first-order chi connectivity index (χ1) is 13.1. The molecule has 9 atom stereocenters. The molecule has 0 spiro atoms. The van der Waals surface area contributed by atoms with Crippen LogP contribution in [0.25, 0.3) is 0 Å². The van der Waals surface area contributed by atoms with Gasteiger partial charge >= 0.3 is 0 Å². The van der Waals surface area contributed by atoms with Gasteiger partial charge in [-0.25, -0.2) is 0 Å². The number of hydrogen-bond acceptors (Lipinski definition) is 8. The number of amides is 1. The molecule has 0 aliphatic carbocycles. The predicted octanol–water partition coefficient (Wildman–Crippen LogP) is -0.347. The van der Waals surface area contributed by atoms with Gasteiger partial charge in [0.2, 0.25) is 5.91 Å². The van der Waals surface area contributed by atoms with E-state index in [0.717, 1.165) is 13.0 Å². The highest BCUT2D eigenvalue weighted by Crippen LogP contribution is 2.31. The zero-order valence-corrected chi connectivity index (χ0v) is 18.4. The highest BCUT2D eigenvalue weighted by molar-refractivity contribution is 7.99. The summed E-state index contributed by atoms with van der Waals surface area (Å²) in [4.78, 5) is 15.1. The van der Waals surface area contributed by atoms with Crippen LogP contribution in [0.3, 0.4) is 0 Å². The second kappa shape index (κ2) is 10.1. The molecule has 1 amide bonds. The van der Waals surface area contributed by atoms with Gasteiger partial charge in [0.25, 0.3) is 0 Å². The number of thioether (sulfide) groups is 1. The Bertz CT molecular complexity index is 523. The minimum Gasteiger partial charge on any atom is -0.388 e. The van der Waals surface area contributed by atoms with Crippen LogP contribution >= 0.6 is 11.8 Å². The molecule has 28 heavy (non-hydrogen) atoms. The van der Waals surface area contributed by atoms with Crippen molar-refractivity contribution in [1.82, 2.24) is 10.2 Å². The lowest BCUT2D eigenvalue weighted by Crippen LogP contribution is -2.65. The number of rotatable bonds is 7. The van der Waals surface area contributed by atoms with Crippen LogP contribution in [0.15, 0.2) is 0 Å². The summed E-state index contributed by atoms with van der Waals surface area (Å²) in [5.74, 6) is 0.807. The minimum absolute atomic E-state index is 0.142. The Morgan fingerprint density at radius 3 is 2.36 bits per heavy atom. The lowest BCUT2D eigenvalue weighted by atomic mass is 9.91. The van der Waals surface area contributed by atoms with Gasteiger partial charge < -0.3 is 30.1 Å². The smallest absolute Gasteiger partial charge is 0.237 e. The Morgan fingerprint density at radius 2 is 1.86 bits per heavy atom. The normalized spacial score (nSPS) is 39.1. The maximum absolute atomic E-state index is 13.0. The number of likely N-dealkylation sites (N-methyl/N-ethyl adjacent to an activating group) is 1. The fraction of sp³-hybridized carbons (Fsp3) is 0.947. The maximum Gasteiger partial charge on any atom is 0.237 e. The van der Waals surface area contributed by atoms with Crippen molar-refractivity contribution in [2.24, 2.45) is 11.8 Å². The number of carbonyl (C=O) groups is 1. The molecule has 2 aliphatic rings. The molecule has 0 aromatic carbocycles. The standard InChI is InChI=1S/C19H36N2O6S/c1-9(2)11-7-12(21(4)8-11)18(25)20-13(10(3)26-5)17-15(23)14(22)16(24)19(27-17)28-6/h9-17,19,22-24H,7-8H2,1-6H3,(H,20,25)/t10-,11-,12-,13-,14+,15-,16-,17-,19?/m1/s1. The summed E-state index contributed by atoms with van der Waals surface area (Å²) in [6, 6.07) is -0.928. The summed E-state index contributed by atoms with van der Waals surface area (Å²) in [6.07, 6.45) is -2.74. The summed E-state index contributed by atoms with van der Waals surface area (Å²) < 4.78 is 11.3. The van der Waals surface area contributed by atoms with Crippen molar-refractivity contribution in [3.8, 4) is 0 Å². The lowest BCUT2D eigenvalue weighted by Gasteiger charge is -2.44. The Kier molecular flexibility index (Phi) is 8.57. The molecule has 2 rings (SSSR count). The average molecular weight is 421 g/mol. The molecule has 164 valence electrons. The first-order valence-corrected chi connectivity index (χ1v) is 11.2. The van der Waals surface area contributed by atoms with Crippen LogP contribution in [0.5, 0.6) is 0 Å². The van der Waals surface area contributed by atoms with Gasteiger partial charge in [0, 0.05) is 13.7 Å². The van der Waals surface area contributed by atoms with E-state index in [9.17, 15) is 20.1 Å². The molecule has 2 saturated heterocycles. The van der Waals surface area contributed by atoms with Crippen molar-refractivity contribution in [3.63, 3.8) is 0 Å². The summed E-state index contributed by atoms with van der Waals surface area (Å²) in [6.45, 7) is 6.97. The Balaban J connectivity index is 2.16. The number of aliphatic hydroxyl groups excluding tert-OH is 3. The van der Waals surface area contributed by atoms with E-state index in [0.29, 0.717) is 11.8 Å². The predicted molar refractivity (Wildman–Crippen MR) is 108 cm³/mol. The summed E-state index contributed by atoms with van der Waals surface area (Å²) in [5, 5.41) is 33.8. The van der Waals surface area contributed by atoms with E-state index >= 15 is 0 Å². The number of nitrogens with zero attached hydrogens (tertiary/aromatic N) is 1. The zero-order chi connectivity index (χ0) is 21.2. The quantitative estimate of drug-likeness (QED) is 0.442. The lowest BCUT2D eigenvalue weighted by molar-refractivity contribution is -0.212. The molecule has 0 aromatic rings. The highest BCUT2D eigenvalue weighted by atomic mass is 32.2. The summed E-state index contributed by atoms with van der Waals surface area (Å²) >= 11 is 1.24. The number of nitrogens with one attached hydrogen (secondary N) is 1. The van der Waals surface area contributed by atoms with E-state index < -0.39 is 42.0 Å². The molecule has 2 fully saturated rings. The van der Waals surface area contributed by atoms with Crippen LogP contribution in [0.4, 0.5) is 0 Å². The SMILES string of the molecule is CO[C@H](C)[C@@H](NC(=O)[C@H]1C[C@@H](C(C)C)CN1C)[C@H]1OC(SC)[C@H](O)[C@@H](O)[C@H]1O. The van der Waals surface area contributed by atoms with Gasteiger partial charge in [0.05, 0.1) is 18.2 Å². The molecule has 0 bridgehead atoms. The molecule has 2 aliphatic heterocycles. The second-order valence-electron chi connectivity index (χ2n) is 8.35. The van der Waals surface area contributed by atoms with Crippen LogP contribution < -0.4 is 5.32 Å². The first kappa shape index (κ1) is 23.9. The van der Waals surface area contributed by atoms with Crippen molar-refractivity contribution < 1.29 is 29.6 Å². The minimum atomic E-state index is -1.36. The van der Waals surface area contributed by atoms with Crippen molar-refractivity contribution >= 4 is 17.7 Å². The summed E-state index contributed by atoms with van der Waals surface area (Å²) in [5.41, 5.74) is -0.702. The number of aliphatic hydroxyl groups is 3. The van der Waals surface area contributed by atoms with Crippen molar-refractivity contribution in [3.05, 3.63) is 0 Å². The van der Waals surface area contributed by atoms with Crippen molar-refractivity contribution in [2.75, 3.05) is 27.0 Å². The number of ether oxygens (including phenoxy) is 2. The highest BCUT2D eigenvalue weighted by Gasteiger charge is 2.48. The first-order valence-electron chi connectivity index (χ1n) is 9.88. The Morgan fingerprint density at radius 1 is 1.21 bits per heavy atom. The van der Waals surface area contributed by atoms with Gasteiger partial charge in [-0.1, -0.05) is 13.8 Å². The maximum atomic E-state index is 13.0. The van der Waals surface area contributed by atoms with Crippen LogP contribution in [-0.2, 0) is 14.3 Å². The van der Waals surface area contributed by atoms with E-state index in [1.807, 2.05) is 7.05 Å².